The minimum Gasteiger partial charge on any atom is -0.461 e. The molecule has 1 aromatic rings. The van der Waals surface area contributed by atoms with E-state index in [1.165, 1.54) is 0 Å². The Hall–Kier alpha value is -2.60. The third kappa shape index (κ3) is 5.75. The zero-order valence-corrected chi connectivity index (χ0v) is 27.1. The van der Waals surface area contributed by atoms with Crippen molar-refractivity contribution in [3.05, 3.63) is 23.3 Å². The Bertz CT molecular complexity index is 1340. The number of nitriles is 2. The topological polar surface area (TPSA) is 158 Å². The lowest BCUT2D eigenvalue weighted by molar-refractivity contribution is -0.362. The first-order valence-electron chi connectivity index (χ1n) is 15.5. The van der Waals surface area contributed by atoms with E-state index in [1.54, 1.807) is 39.8 Å². The molecule has 46 heavy (non-hydrogen) atoms. The average molecular weight is 645 g/mol. The molecule has 0 aliphatic carbocycles. The van der Waals surface area contributed by atoms with Gasteiger partial charge in [0.05, 0.1) is 13.2 Å². The average Bonchev–Trinajstić information content (AvgIpc) is 3.48. The Morgan fingerprint density at radius 3 is 1.26 bits per heavy atom. The van der Waals surface area contributed by atoms with Gasteiger partial charge in [0.15, 0.2) is 35.4 Å². The fraction of sp³-hybridized carbons (Fsp3) is 0.750. The predicted molar refractivity (Wildman–Crippen MR) is 152 cm³/mol. The fourth-order valence-electron chi connectivity index (χ4n) is 6.91. The van der Waals surface area contributed by atoms with Crippen LogP contribution in [0, 0.1) is 22.7 Å². The highest BCUT2D eigenvalue weighted by molar-refractivity contribution is 5.60. The number of fused-ring (bicyclic) bond motifs is 6. The van der Waals surface area contributed by atoms with Crippen LogP contribution in [0.3, 0.4) is 0 Å². The van der Waals surface area contributed by atoms with Gasteiger partial charge < -0.3 is 56.8 Å². The first-order chi connectivity index (χ1) is 21.6. The second-order valence-electron chi connectivity index (χ2n) is 14.1. The Labute approximate surface area is 267 Å². The number of rotatable bonds is 4. The van der Waals surface area contributed by atoms with Crippen LogP contribution in [0.2, 0.25) is 0 Å². The molecule has 0 spiro atoms. The van der Waals surface area contributed by atoms with E-state index < -0.39 is 84.6 Å². The SMILES string of the molecule is CC1(C)OC[C@H]2O[C@H](Oc3ccc(O[C@H]4O[C@@H]5COC(C)(C)O[C@@H]5[C@@H]5OC(C)(C)O[C@@H]45)c(C#N)c3C#N)[C@@H]3OC(C)(C)O[C@H]3[C@H]2O1. The van der Waals surface area contributed by atoms with Gasteiger partial charge in [-0.15, -0.1) is 0 Å². The first-order valence-corrected chi connectivity index (χ1v) is 15.5. The second-order valence-corrected chi connectivity index (χ2v) is 14.1. The van der Waals surface area contributed by atoms with E-state index >= 15 is 0 Å². The maximum Gasteiger partial charge on any atom is 0.229 e. The van der Waals surface area contributed by atoms with Crippen LogP contribution in [0.1, 0.15) is 66.5 Å². The molecule has 6 aliphatic heterocycles. The van der Waals surface area contributed by atoms with Crippen LogP contribution in [0.15, 0.2) is 12.1 Å². The molecule has 14 heteroatoms. The van der Waals surface area contributed by atoms with Gasteiger partial charge in [0.2, 0.25) is 12.6 Å². The zero-order chi connectivity index (χ0) is 32.8. The lowest BCUT2D eigenvalue weighted by Gasteiger charge is -2.48. The molecule has 0 saturated carbocycles. The molecule has 14 nitrogen and oxygen atoms in total. The van der Waals surface area contributed by atoms with Crippen LogP contribution in [-0.2, 0) is 47.4 Å². The molecule has 1 aromatic carbocycles. The minimum absolute atomic E-state index is 0.0436. The lowest BCUT2D eigenvalue weighted by atomic mass is 9.97. The van der Waals surface area contributed by atoms with Crippen molar-refractivity contribution in [1.82, 2.24) is 0 Å². The van der Waals surface area contributed by atoms with Crippen LogP contribution in [-0.4, -0.2) is 97.8 Å². The van der Waals surface area contributed by atoms with Crippen molar-refractivity contribution in [3.8, 4) is 23.6 Å². The molecule has 10 atom stereocenters. The summed E-state index contributed by atoms with van der Waals surface area (Å²) in [6, 6.07) is 7.29. The van der Waals surface area contributed by atoms with Gasteiger partial charge in [-0.3, -0.25) is 0 Å². The molecule has 0 N–H and O–H groups in total. The number of hydrogen-bond donors (Lipinski definition) is 0. The van der Waals surface area contributed by atoms with Crippen LogP contribution in [0.4, 0.5) is 0 Å². The van der Waals surface area contributed by atoms with E-state index in [-0.39, 0.29) is 35.8 Å². The van der Waals surface area contributed by atoms with Crippen LogP contribution in [0.25, 0.3) is 0 Å². The van der Waals surface area contributed by atoms with E-state index in [0.29, 0.717) is 0 Å². The summed E-state index contributed by atoms with van der Waals surface area (Å²) in [5.74, 6) is -3.30. The molecule has 0 aromatic heterocycles. The van der Waals surface area contributed by atoms with E-state index in [1.807, 2.05) is 27.7 Å². The van der Waals surface area contributed by atoms with E-state index in [2.05, 4.69) is 12.1 Å². The molecular weight excluding hydrogens is 604 g/mol. The number of hydrogen-bond acceptors (Lipinski definition) is 14. The van der Waals surface area contributed by atoms with Crippen LogP contribution >= 0.6 is 0 Å². The van der Waals surface area contributed by atoms with Gasteiger partial charge in [0, 0.05) is 0 Å². The Morgan fingerprint density at radius 1 is 0.543 bits per heavy atom. The largest absolute Gasteiger partial charge is 0.461 e. The smallest absolute Gasteiger partial charge is 0.229 e. The molecule has 6 aliphatic rings. The summed E-state index contributed by atoms with van der Waals surface area (Å²) < 4.78 is 74.0. The molecule has 0 bridgehead atoms. The predicted octanol–water partition coefficient (Wildman–Crippen LogP) is 2.98. The lowest BCUT2D eigenvalue weighted by Crippen LogP contribution is -2.64. The molecular formula is C32H40N2O12. The summed E-state index contributed by atoms with van der Waals surface area (Å²) in [7, 11) is 0. The maximum absolute atomic E-state index is 10.2. The highest BCUT2D eigenvalue weighted by Crippen LogP contribution is 2.45. The van der Waals surface area contributed by atoms with Gasteiger partial charge in [-0.05, 0) is 67.5 Å². The molecule has 6 saturated heterocycles. The Kier molecular flexibility index (Phi) is 7.62. The van der Waals surface area contributed by atoms with Crippen molar-refractivity contribution in [2.75, 3.05) is 13.2 Å². The summed E-state index contributed by atoms with van der Waals surface area (Å²) in [6.45, 7) is 15.0. The third-order valence-electron chi connectivity index (χ3n) is 8.73. The highest BCUT2D eigenvalue weighted by Gasteiger charge is 2.61. The monoisotopic (exact) mass is 644 g/mol. The minimum atomic E-state index is -0.993. The first kappa shape index (κ1) is 32.0. The Balaban J connectivity index is 1.14. The fourth-order valence-corrected chi connectivity index (χ4v) is 6.91. The molecule has 0 unspecified atom stereocenters. The molecule has 250 valence electrons. The highest BCUT2D eigenvalue weighted by atomic mass is 16.8. The molecule has 0 amide bonds. The van der Waals surface area contributed by atoms with Gasteiger partial charge in [-0.25, -0.2) is 0 Å². The van der Waals surface area contributed by atoms with Gasteiger partial charge >= 0.3 is 0 Å². The van der Waals surface area contributed by atoms with Crippen molar-refractivity contribution < 1.29 is 56.8 Å². The summed E-state index contributed by atoms with van der Waals surface area (Å²) in [5.41, 5.74) is -0.0871. The normalized spacial score (nSPS) is 41.1. The summed E-state index contributed by atoms with van der Waals surface area (Å²) in [4.78, 5) is 0. The zero-order valence-electron chi connectivity index (χ0n) is 27.1. The van der Waals surface area contributed by atoms with Crippen molar-refractivity contribution in [1.29, 1.82) is 10.5 Å². The quantitative estimate of drug-likeness (QED) is 0.471. The number of nitrogens with zero attached hydrogens (tertiary/aromatic N) is 2. The summed E-state index contributed by atoms with van der Waals surface area (Å²) in [5, 5.41) is 20.5. The van der Waals surface area contributed by atoms with Crippen molar-refractivity contribution >= 4 is 0 Å². The van der Waals surface area contributed by atoms with E-state index in [4.69, 9.17) is 56.8 Å². The second kappa shape index (κ2) is 11.0. The van der Waals surface area contributed by atoms with Crippen LogP contribution in [0.5, 0.6) is 11.5 Å². The standard InChI is InChI=1S/C32H40N2O12/c1-29(2)35-13-19-21(41-29)23-25(45-31(5,6)43-23)27(39-19)37-17-9-10-18(16(12-34)15(17)11-33)38-28-26-24(44-32(7,8)46-26)22-20(40-28)14-36-30(3,4)42-22/h9-10,19-28H,13-14H2,1-8H3/t19-,20-,21+,22+,23+,24+,25-,26-,27+,28+/m1/s1. The van der Waals surface area contributed by atoms with E-state index in [0.717, 1.165) is 0 Å². The van der Waals surface area contributed by atoms with Gasteiger partial charge in [-0.2, -0.15) is 10.5 Å². The van der Waals surface area contributed by atoms with Crippen molar-refractivity contribution in [3.63, 3.8) is 0 Å². The van der Waals surface area contributed by atoms with Crippen LogP contribution < -0.4 is 9.47 Å². The van der Waals surface area contributed by atoms with E-state index in [9.17, 15) is 10.5 Å². The van der Waals surface area contributed by atoms with Crippen molar-refractivity contribution in [2.45, 2.75) is 140 Å². The molecule has 7 rings (SSSR count). The van der Waals surface area contributed by atoms with Crippen molar-refractivity contribution in [2.24, 2.45) is 0 Å². The van der Waals surface area contributed by atoms with Gasteiger partial charge in [0.25, 0.3) is 0 Å². The van der Waals surface area contributed by atoms with Gasteiger partial charge in [-0.1, -0.05) is 0 Å². The molecule has 6 fully saturated rings. The number of benzene rings is 1. The third-order valence-corrected chi connectivity index (χ3v) is 8.73. The molecule has 0 radical (unpaired) electrons. The molecule has 6 heterocycles. The van der Waals surface area contributed by atoms with Gasteiger partial charge in [0.1, 0.15) is 71.4 Å². The summed E-state index contributed by atoms with van der Waals surface area (Å²) >= 11 is 0. The maximum atomic E-state index is 10.2. The Morgan fingerprint density at radius 2 is 0.891 bits per heavy atom. The number of ether oxygens (including phenoxy) is 12. The summed E-state index contributed by atoms with van der Waals surface area (Å²) in [6.07, 6.45) is -6.38.